The Morgan fingerprint density at radius 3 is 2.65 bits per heavy atom. The molecule has 1 atom stereocenters. The van der Waals surface area contributed by atoms with Gasteiger partial charge in [0.1, 0.15) is 0 Å². The molecule has 0 spiro atoms. The fraction of sp³-hybridized carbons (Fsp3) is 0.800. The minimum atomic E-state index is -0.221. The van der Waals surface area contributed by atoms with Crippen molar-refractivity contribution in [1.82, 2.24) is 14.8 Å². The van der Waals surface area contributed by atoms with Gasteiger partial charge in [0.15, 0.2) is 0 Å². The van der Waals surface area contributed by atoms with E-state index in [1.807, 2.05) is 6.92 Å². The highest BCUT2D eigenvalue weighted by atomic mass is 32.1. The average molecular weight is 297 g/mol. The molecule has 2 rings (SSSR count). The van der Waals surface area contributed by atoms with Crippen molar-refractivity contribution in [3.63, 3.8) is 0 Å². The van der Waals surface area contributed by atoms with Crippen molar-refractivity contribution in [1.29, 1.82) is 0 Å². The molecule has 0 saturated carbocycles. The molecule has 20 heavy (non-hydrogen) atoms. The fourth-order valence-electron chi connectivity index (χ4n) is 2.60. The summed E-state index contributed by atoms with van der Waals surface area (Å²) >= 11 is 1.81. The largest absolute Gasteiger partial charge is 0.392 e. The zero-order valence-corrected chi connectivity index (χ0v) is 13.5. The molecule has 0 radical (unpaired) electrons. The third-order valence-corrected chi connectivity index (χ3v) is 4.67. The van der Waals surface area contributed by atoms with E-state index in [0.717, 1.165) is 45.7 Å². The minimum Gasteiger partial charge on any atom is -0.392 e. The number of β-amino-alcohol motifs (C(OH)–C–C–N with tert-alkyl or cyclic N) is 1. The normalized spacial score (nSPS) is 19.4. The molecular formula is C15H27N3OS. The molecule has 4 nitrogen and oxygen atoms in total. The van der Waals surface area contributed by atoms with Crippen molar-refractivity contribution >= 4 is 11.3 Å². The summed E-state index contributed by atoms with van der Waals surface area (Å²) in [6.07, 6.45) is 3.38. The number of unbranched alkanes of at least 4 members (excludes halogenated alkanes) is 1. The standard InChI is InChI=1S/C15H27N3OS/c1-3-4-5-15-16-14(12-20-15)11-18-8-6-17(7-9-18)10-13(2)19/h12-13,19H,3-11H2,1-2H3. The first-order valence-corrected chi connectivity index (χ1v) is 8.61. The molecule has 0 aliphatic carbocycles. The maximum atomic E-state index is 9.42. The molecular weight excluding hydrogens is 270 g/mol. The monoisotopic (exact) mass is 297 g/mol. The van der Waals surface area contributed by atoms with Crippen LogP contribution in [0, 0.1) is 0 Å². The summed E-state index contributed by atoms with van der Waals surface area (Å²) in [7, 11) is 0. The van der Waals surface area contributed by atoms with Gasteiger partial charge in [0.2, 0.25) is 0 Å². The van der Waals surface area contributed by atoms with Gasteiger partial charge in [-0.15, -0.1) is 11.3 Å². The molecule has 1 fully saturated rings. The van der Waals surface area contributed by atoms with E-state index in [4.69, 9.17) is 4.98 Å². The zero-order valence-electron chi connectivity index (χ0n) is 12.7. The third-order valence-electron chi connectivity index (χ3n) is 3.72. The van der Waals surface area contributed by atoms with Crippen molar-refractivity contribution in [2.24, 2.45) is 0 Å². The molecule has 2 heterocycles. The topological polar surface area (TPSA) is 39.6 Å². The van der Waals surface area contributed by atoms with Gasteiger partial charge in [-0.2, -0.15) is 0 Å². The molecule has 1 N–H and O–H groups in total. The van der Waals surface area contributed by atoms with Crippen LogP contribution in [-0.4, -0.2) is 58.7 Å². The first kappa shape index (κ1) is 15.9. The van der Waals surface area contributed by atoms with Crippen LogP contribution in [0.25, 0.3) is 0 Å². The summed E-state index contributed by atoms with van der Waals surface area (Å²) in [5, 5.41) is 12.9. The second kappa shape index (κ2) is 8.08. The summed E-state index contributed by atoms with van der Waals surface area (Å²) in [4.78, 5) is 9.54. The maximum Gasteiger partial charge on any atom is 0.0928 e. The molecule has 0 bridgehead atoms. The van der Waals surface area contributed by atoms with E-state index in [2.05, 4.69) is 22.1 Å². The minimum absolute atomic E-state index is 0.221. The van der Waals surface area contributed by atoms with E-state index in [1.165, 1.54) is 23.5 Å². The number of hydrogen-bond acceptors (Lipinski definition) is 5. The number of aliphatic hydroxyl groups excluding tert-OH is 1. The SMILES string of the molecule is CCCCc1nc(CN2CCN(CC(C)O)CC2)cs1. The number of aliphatic hydroxyl groups is 1. The Morgan fingerprint density at radius 2 is 2.00 bits per heavy atom. The number of aryl methyl sites for hydroxylation is 1. The van der Waals surface area contributed by atoms with Crippen molar-refractivity contribution in [3.05, 3.63) is 16.1 Å². The molecule has 1 saturated heterocycles. The van der Waals surface area contributed by atoms with E-state index in [9.17, 15) is 5.11 Å². The van der Waals surface area contributed by atoms with E-state index >= 15 is 0 Å². The van der Waals surface area contributed by atoms with Crippen molar-refractivity contribution in [3.8, 4) is 0 Å². The van der Waals surface area contributed by atoms with Gasteiger partial charge in [0.25, 0.3) is 0 Å². The summed E-state index contributed by atoms with van der Waals surface area (Å²) in [5.74, 6) is 0. The Bertz CT molecular complexity index is 386. The van der Waals surface area contributed by atoms with Gasteiger partial charge in [-0.1, -0.05) is 13.3 Å². The van der Waals surface area contributed by atoms with Crippen LogP contribution in [0.3, 0.4) is 0 Å². The number of nitrogens with zero attached hydrogens (tertiary/aromatic N) is 3. The van der Waals surface area contributed by atoms with E-state index < -0.39 is 0 Å². The summed E-state index contributed by atoms with van der Waals surface area (Å²) in [6, 6.07) is 0. The molecule has 1 unspecified atom stereocenters. The lowest BCUT2D eigenvalue weighted by molar-refractivity contribution is 0.0777. The molecule has 0 amide bonds. The second-order valence-electron chi connectivity index (χ2n) is 5.76. The quantitative estimate of drug-likeness (QED) is 0.835. The highest BCUT2D eigenvalue weighted by Gasteiger charge is 2.18. The molecule has 1 aliphatic rings. The van der Waals surface area contributed by atoms with Crippen LogP contribution < -0.4 is 0 Å². The molecule has 1 aliphatic heterocycles. The van der Waals surface area contributed by atoms with Gasteiger partial charge in [-0.3, -0.25) is 9.80 Å². The zero-order chi connectivity index (χ0) is 14.4. The van der Waals surface area contributed by atoms with Crippen LogP contribution in [-0.2, 0) is 13.0 Å². The summed E-state index contributed by atoms with van der Waals surface area (Å²) in [6.45, 7) is 10.1. The van der Waals surface area contributed by atoms with Crippen molar-refractivity contribution in [2.75, 3.05) is 32.7 Å². The van der Waals surface area contributed by atoms with Gasteiger partial charge in [0, 0.05) is 44.6 Å². The predicted octanol–water partition coefficient (Wildman–Crippen LogP) is 1.98. The van der Waals surface area contributed by atoms with Crippen LogP contribution in [0.15, 0.2) is 5.38 Å². The molecule has 5 heteroatoms. The Balaban J connectivity index is 1.73. The lowest BCUT2D eigenvalue weighted by Crippen LogP contribution is -2.47. The van der Waals surface area contributed by atoms with Crippen molar-refractivity contribution < 1.29 is 5.11 Å². The number of rotatable bonds is 7. The third kappa shape index (κ3) is 5.13. The van der Waals surface area contributed by atoms with Crippen LogP contribution in [0.2, 0.25) is 0 Å². The van der Waals surface area contributed by atoms with Crippen LogP contribution in [0.1, 0.15) is 37.4 Å². The van der Waals surface area contributed by atoms with Crippen LogP contribution in [0.5, 0.6) is 0 Å². The van der Waals surface area contributed by atoms with E-state index in [0.29, 0.717) is 0 Å². The Hall–Kier alpha value is -0.490. The second-order valence-corrected chi connectivity index (χ2v) is 6.70. The number of piperazine rings is 1. The number of thiazole rings is 1. The van der Waals surface area contributed by atoms with Gasteiger partial charge >= 0.3 is 0 Å². The fourth-order valence-corrected chi connectivity index (χ4v) is 3.43. The van der Waals surface area contributed by atoms with Gasteiger partial charge in [-0.05, 0) is 19.8 Å². The number of hydrogen-bond donors (Lipinski definition) is 1. The first-order valence-electron chi connectivity index (χ1n) is 7.73. The van der Waals surface area contributed by atoms with Crippen LogP contribution >= 0.6 is 11.3 Å². The van der Waals surface area contributed by atoms with E-state index in [1.54, 1.807) is 11.3 Å². The highest BCUT2D eigenvalue weighted by molar-refractivity contribution is 7.09. The lowest BCUT2D eigenvalue weighted by atomic mass is 10.2. The molecule has 114 valence electrons. The first-order chi connectivity index (χ1) is 9.67. The van der Waals surface area contributed by atoms with Gasteiger partial charge < -0.3 is 5.11 Å². The predicted molar refractivity (Wildman–Crippen MR) is 84.1 cm³/mol. The van der Waals surface area contributed by atoms with Crippen LogP contribution in [0.4, 0.5) is 0 Å². The summed E-state index contributed by atoms with van der Waals surface area (Å²) < 4.78 is 0. The molecule has 0 aromatic carbocycles. The average Bonchev–Trinajstić information content (AvgIpc) is 2.86. The van der Waals surface area contributed by atoms with Gasteiger partial charge in [0.05, 0.1) is 16.8 Å². The van der Waals surface area contributed by atoms with Crippen molar-refractivity contribution in [2.45, 2.75) is 45.8 Å². The Kier molecular flexibility index (Phi) is 6.42. The Morgan fingerprint density at radius 1 is 1.30 bits per heavy atom. The van der Waals surface area contributed by atoms with Gasteiger partial charge in [-0.25, -0.2) is 4.98 Å². The lowest BCUT2D eigenvalue weighted by Gasteiger charge is -2.34. The smallest absolute Gasteiger partial charge is 0.0928 e. The number of aromatic nitrogens is 1. The Labute approximate surface area is 126 Å². The molecule has 1 aromatic rings. The highest BCUT2D eigenvalue weighted by Crippen LogP contribution is 2.15. The van der Waals surface area contributed by atoms with E-state index in [-0.39, 0.29) is 6.10 Å². The molecule has 1 aromatic heterocycles. The maximum absolute atomic E-state index is 9.42. The summed E-state index contributed by atoms with van der Waals surface area (Å²) in [5.41, 5.74) is 1.23.